The number of ether oxygens (including phenoxy) is 1. The molecule has 0 bridgehead atoms. The fraction of sp³-hybridized carbons (Fsp3) is 0.300. The number of rotatable bonds is 5. The molecule has 3 rings (SSSR count). The van der Waals surface area contributed by atoms with Crippen LogP contribution in [0.15, 0.2) is 48.5 Å². The van der Waals surface area contributed by atoms with Crippen LogP contribution in [-0.2, 0) is 4.79 Å². The molecule has 1 aliphatic rings. The van der Waals surface area contributed by atoms with Crippen molar-refractivity contribution in [2.75, 3.05) is 17.8 Å². The Kier molecular flexibility index (Phi) is 5.13. The van der Waals surface area contributed by atoms with E-state index in [0.29, 0.717) is 17.1 Å². The number of methoxy groups -OCH3 is 1. The van der Waals surface area contributed by atoms with Crippen LogP contribution in [0.25, 0.3) is 0 Å². The molecule has 0 aliphatic carbocycles. The molecule has 1 heterocycles. The van der Waals surface area contributed by atoms with Crippen molar-refractivity contribution in [2.45, 2.75) is 19.2 Å². The van der Waals surface area contributed by atoms with Crippen LogP contribution in [0, 0.1) is 5.92 Å². The van der Waals surface area contributed by atoms with Crippen molar-refractivity contribution in [1.29, 1.82) is 0 Å². The Morgan fingerprint density at radius 1 is 1.16 bits per heavy atom. The highest BCUT2D eigenvalue weighted by Crippen LogP contribution is 2.44. The van der Waals surface area contributed by atoms with Crippen LogP contribution in [0.5, 0.6) is 5.75 Å². The summed E-state index contributed by atoms with van der Waals surface area (Å²) in [4.78, 5) is 26.4. The van der Waals surface area contributed by atoms with E-state index < -0.39 is 0 Å². The molecule has 1 unspecified atom stereocenters. The summed E-state index contributed by atoms with van der Waals surface area (Å²) in [5.74, 6) is 1.26. The van der Waals surface area contributed by atoms with Gasteiger partial charge in [-0.15, -0.1) is 11.8 Å². The predicted octanol–water partition coefficient (Wildman–Crippen LogP) is 4.31. The highest BCUT2D eigenvalue weighted by molar-refractivity contribution is 8.00. The molecule has 1 fully saturated rings. The first-order chi connectivity index (χ1) is 12.0. The van der Waals surface area contributed by atoms with Gasteiger partial charge in [0.2, 0.25) is 5.91 Å². The number of ketones is 1. The van der Waals surface area contributed by atoms with Crippen molar-refractivity contribution < 1.29 is 14.3 Å². The second kappa shape index (κ2) is 7.31. The van der Waals surface area contributed by atoms with Crippen LogP contribution >= 0.6 is 11.8 Å². The van der Waals surface area contributed by atoms with Crippen LogP contribution < -0.4 is 9.64 Å². The van der Waals surface area contributed by atoms with Crippen LogP contribution in [-0.4, -0.2) is 24.6 Å². The van der Waals surface area contributed by atoms with E-state index in [9.17, 15) is 9.59 Å². The van der Waals surface area contributed by atoms with Gasteiger partial charge in [-0.3, -0.25) is 14.5 Å². The van der Waals surface area contributed by atoms with Gasteiger partial charge in [-0.1, -0.05) is 50.2 Å². The van der Waals surface area contributed by atoms with E-state index in [2.05, 4.69) is 0 Å². The molecule has 1 atom stereocenters. The number of nitrogens with zero attached hydrogens (tertiary/aromatic N) is 1. The van der Waals surface area contributed by atoms with E-state index in [1.165, 1.54) is 0 Å². The SMILES string of the molecule is COc1ccccc1N1C(=O)CSC1c1ccc(C(=O)C(C)C)cc1. The minimum atomic E-state index is -0.119. The second-order valence-corrected chi connectivity index (χ2v) is 7.31. The third-order valence-electron chi connectivity index (χ3n) is 4.22. The molecule has 4 nitrogen and oxygen atoms in total. The Hall–Kier alpha value is -2.27. The van der Waals surface area contributed by atoms with Gasteiger partial charge in [0, 0.05) is 11.5 Å². The molecule has 0 aromatic heterocycles. The van der Waals surface area contributed by atoms with Gasteiger partial charge >= 0.3 is 0 Å². The van der Waals surface area contributed by atoms with Crippen LogP contribution in [0.4, 0.5) is 5.69 Å². The first-order valence-electron chi connectivity index (χ1n) is 8.23. The lowest BCUT2D eigenvalue weighted by Gasteiger charge is -2.26. The Morgan fingerprint density at radius 2 is 1.84 bits per heavy atom. The number of benzene rings is 2. The average molecular weight is 355 g/mol. The summed E-state index contributed by atoms with van der Waals surface area (Å²) in [6.07, 6.45) is 0. The van der Waals surface area contributed by atoms with Crippen molar-refractivity contribution in [3.8, 4) is 5.75 Å². The summed E-state index contributed by atoms with van der Waals surface area (Å²) in [5.41, 5.74) is 2.48. The topological polar surface area (TPSA) is 46.6 Å². The first kappa shape index (κ1) is 17.5. The number of hydrogen-bond donors (Lipinski definition) is 0. The standard InChI is InChI=1S/C20H21NO3S/c1-13(2)19(23)14-8-10-15(11-9-14)20-21(18(22)12-25-20)16-6-4-5-7-17(16)24-3/h4-11,13,20H,12H2,1-3H3. The highest BCUT2D eigenvalue weighted by Gasteiger charge is 2.35. The van der Waals surface area contributed by atoms with E-state index in [-0.39, 0.29) is 23.0 Å². The van der Waals surface area contributed by atoms with E-state index in [4.69, 9.17) is 4.74 Å². The van der Waals surface area contributed by atoms with Crippen molar-refractivity contribution in [1.82, 2.24) is 0 Å². The summed E-state index contributed by atoms with van der Waals surface area (Å²) >= 11 is 1.58. The van der Waals surface area contributed by atoms with Gasteiger partial charge in [-0.05, 0) is 17.7 Å². The zero-order valence-electron chi connectivity index (χ0n) is 14.6. The highest BCUT2D eigenvalue weighted by atomic mass is 32.2. The van der Waals surface area contributed by atoms with Gasteiger partial charge in [0.1, 0.15) is 11.1 Å². The normalized spacial score (nSPS) is 17.2. The third-order valence-corrected chi connectivity index (χ3v) is 5.43. The summed E-state index contributed by atoms with van der Waals surface area (Å²) in [6.45, 7) is 3.79. The molecule has 0 radical (unpaired) electrons. The van der Waals surface area contributed by atoms with E-state index >= 15 is 0 Å². The molecule has 0 saturated carbocycles. The zero-order chi connectivity index (χ0) is 18.0. The van der Waals surface area contributed by atoms with Crippen LogP contribution in [0.1, 0.15) is 35.1 Å². The number of amides is 1. The van der Waals surface area contributed by atoms with Gasteiger partial charge in [0.25, 0.3) is 0 Å². The minimum Gasteiger partial charge on any atom is -0.495 e. The lowest BCUT2D eigenvalue weighted by Crippen LogP contribution is -2.28. The maximum absolute atomic E-state index is 12.5. The Balaban J connectivity index is 1.93. The molecule has 5 heteroatoms. The Morgan fingerprint density at radius 3 is 2.48 bits per heavy atom. The quantitative estimate of drug-likeness (QED) is 0.750. The fourth-order valence-corrected chi connectivity index (χ4v) is 4.07. The number of thioether (sulfide) groups is 1. The summed E-state index contributed by atoms with van der Waals surface area (Å²) in [6, 6.07) is 15.1. The monoisotopic (exact) mass is 355 g/mol. The largest absolute Gasteiger partial charge is 0.495 e. The van der Waals surface area contributed by atoms with Crippen molar-refractivity contribution in [2.24, 2.45) is 5.92 Å². The number of hydrogen-bond acceptors (Lipinski definition) is 4. The number of anilines is 1. The van der Waals surface area contributed by atoms with E-state index in [0.717, 1.165) is 11.3 Å². The molecule has 0 spiro atoms. The summed E-state index contributed by atoms with van der Waals surface area (Å²) < 4.78 is 5.42. The molecule has 0 N–H and O–H groups in total. The van der Waals surface area contributed by atoms with Gasteiger partial charge in [-0.25, -0.2) is 0 Å². The molecule has 130 valence electrons. The van der Waals surface area contributed by atoms with E-state index in [1.54, 1.807) is 23.8 Å². The molecule has 25 heavy (non-hydrogen) atoms. The molecular weight excluding hydrogens is 334 g/mol. The Bertz CT molecular complexity index is 786. The molecule has 1 amide bonds. The first-order valence-corrected chi connectivity index (χ1v) is 9.28. The molecule has 2 aromatic rings. The average Bonchev–Trinajstić information content (AvgIpc) is 3.02. The number of para-hydroxylation sites is 2. The molecule has 2 aromatic carbocycles. The lowest BCUT2D eigenvalue weighted by molar-refractivity contribution is -0.115. The maximum Gasteiger partial charge on any atom is 0.238 e. The van der Waals surface area contributed by atoms with Gasteiger partial charge < -0.3 is 4.74 Å². The lowest BCUT2D eigenvalue weighted by atomic mass is 10.00. The van der Waals surface area contributed by atoms with Gasteiger partial charge in [0.15, 0.2) is 5.78 Å². The molecule has 1 saturated heterocycles. The van der Waals surface area contributed by atoms with E-state index in [1.807, 2.05) is 62.4 Å². The van der Waals surface area contributed by atoms with Crippen molar-refractivity contribution in [3.63, 3.8) is 0 Å². The number of Topliss-reactive ketones (excluding diaryl/α,β-unsaturated/α-hetero) is 1. The van der Waals surface area contributed by atoms with Gasteiger partial charge in [-0.2, -0.15) is 0 Å². The van der Waals surface area contributed by atoms with Crippen molar-refractivity contribution >= 4 is 29.1 Å². The van der Waals surface area contributed by atoms with Crippen LogP contribution in [0.2, 0.25) is 0 Å². The third kappa shape index (κ3) is 3.42. The second-order valence-electron chi connectivity index (χ2n) is 6.24. The molecule has 1 aliphatic heterocycles. The molecular formula is C20H21NO3S. The van der Waals surface area contributed by atoms with Gasteiger partial charge in [0.05, 0.1) is 18.6 Å². The number of carbonyl (C=O) groups is 2. The van der Waals surface area contributed by atoms with Crippen molar-refractivity contribution in [3.05, 3.63) is 59.7 Å². The zero-order valence-corrected chi connectivity index (χ0v) is 15.4. The summed E-state index contributed by atoms with van der Waals surface area (Å²) in [5, 5.41) is -0.119. The van der Waals surface area contributed by atoms with Crippen LogP contribution in [0.3, 0.4) is 0 Å². The smallest absolute Gasteiger partial charge is 0.238 e. The Labute approximate surface area is 152 Å². The fourth-order valence-electron chi connectivity index (χ4n) is 2.91. The predicted molar refractivity (Wildman–Crippen MR) is 101 cm³/mol. The summed E-state index contributed by atoms with van der Waals surface area (Å²) in [7, 11) is 1.61. The maximum atomic E-state index is 12.5. The minimum absolute atomic E-state index is 0.0293. The number of carbonyl (C=O) groups excluding carboxylic acids is 2.